The summed E-state index contributed by atoms with van der Waals surface area (Å²) >= 11 is 1.62. The molecule has 1 fully saturated rings. The lowest BCUT2D eigenvalue weighted by atomic mass is 9.97. The van der Waals surface area contributed by atoms with Gasteiger partial charge in [-0.25, -0.2) is 0 Å². The molecule has 0 unspecified atom stereocenters. The van der Waals surface area contributed by atoms with Gasteiger partial charge in [-0.05, 0) is 39.8 Å². The molecule has 0 bridgehead atoms. The first kappa shape index (κ1) is 16.3. The highest BCUT2D eigenvalue weighted by atomic mass is 32.2. The fourth-order valence-corrected chi connectivity index (χ4v) is 3.94. The number of hydrogen-bond acceptors (Lipinski definition) is 5. The van der Waals surface area contributed by atoms with E-state index < -0.39 is 0 Å². The van der Waals surface area contributed by atoms with Crippen molar-refractivity contribution < 1.29 is 0 Å². The predicted molar refractivity (Wildman–Crippen MR) is 91.9 cm³/mol. The summed E-state index contributed by atoms with van der Waals surface area (Å²) in [5, 5.41) is 13.0. The Bertz CT molecular complexity index is 745. The molecule has 7 heteroatoms. The van der Waals surface area contributed by atoms with Crippen molar-refractivity contribution in [3.8, 4) is 0 Å². The van der Waals surface area contributed by atoms with Gasteiger partial charge < -0.3 is 14.9 Å². The number of aryl methyl sites for hydroxylation is 1. The van der Waals surface area contributed by atoms with Gasteiger partial charge in [0.15, 0.2) is 10.6 Å². The highest BCUT2D eigenvalue weighted by molar-refractivity contribution is 7.98. The number of aromatic nitrogens is 4. The van der Waals surface area contributed by atoms with Crippen LogP contribution in [0.5, 0.6) is 0 Å². The third-order valence-corrected chi connectivity index (χ3v) is 5.58. The average molecular weight is 333 g/mol. The molecule has 0 spiro atoms. The molecule has 0 atom stereocenters. The summed E-state index contributed by atoms with van der Waals surface area (Å²) in [7, 11) is 2.03. The van der Waals surface area contributed by atoms with Crippen molar-refractivity contribution in [2.24, 2.45) is 7.05 Å². The number of pyridine rings is 1. The molecule has 3 heterocycles. The van der Waals surface area contributed by atoms with Gasteiger partial charge >= 0.3 is 0 Å². The number of aromatic amines is 1. The second-order valence-corrected chi connectivity index (χ2v) is 7.06. The maximum absolute atomic E-state index is 12.0. The molecule has 0 radical (unpaired) electrons. The van der Waals surface area contributed by atoms with E-state index in [0.717, 1.165) is 53.7 Å². The molecule has 2 N–H and O–H groups in total. The lowest BCUT2D eigenvalue weighted by Gasteiger charge is -2.21. The normalized spacial score (nSPS) is 16.0. The van der Waals surface area contributed by atoms with Crippen LogP contribution in [-0.4, -0.2) is 32.8 Å². The van der Waals surface area contributed by atoms with E-state index in [1.807, 2.05) is 20.9 Å². The zero-order valence-electron chi connectivity index (χ0n) is 13.8. The van der Waals surface area contributed by atoms with Gasteiger partial charge in [0, 0.05) is 41.7 Å². The van der Waals surface area contributed by atoms with E-state index in [0.29, 0.717) is 11.7 Å². The van der Waals surface area contributed by atoms with E-state index in [1.165, 1.54) is 0 Å². The second-order valence-electron chi connectivity index (χ2n) is 6.12. The van der Waals surface area contributed by atoms with Crippen LogP contribution in [-0.2, 0) is 12.8 Å². The summed E-state index contributed by atoms with van der Waals surface area (Å²) < 4.78 is 2.10. The molecule has 1 aliphatic rings. The van der Waals surface area contributed by atoms with Crippen LogP contribution >= 0.6 is 11.8 Å². The summed E-state index contributed by atoms with van der Waals surface area (Å²) in [6, 6.07) is 0. The van der Waals surface area contributed by atoms with Gasteiger partial charge in [0.05, 0.1) is 0 Å². The Morgan fingerprint density at radius 3 is 2.78 bits per heavy atom. The highest BCUT2D eigenvalue weighted by Crippen LogP contribution is 2.27. The van der Waals surface area contributed by atoms with Crippen LogP contribution in [0.1, 0.15) is 41.4 Å². The number of thioether (sulfide) groups is 1. The maximum Gasteiger partial charge on any atom is 0.191 e. The molecular formula is C16H23N5OS. The van der Waals surface area contributed by atoms with E-state index in [2.05, 4.69) is 25.1 Å². The molecule has 0 aromatic carbocycles. The SMILES string of the molecule is Cc1c[nH]c(CSc2nnc(C3CCNCC3)n2C)c(C)c1=O. The van der Waals surface area contributed by atoms with E-state index in [-0.39, 0.29) is 5.43 Å². The minimum Gasteiger partial charge on any atom is -0.364 e. The van der Waals surface area contributed by atoms with Crippen LogP contribution in [0.2, 0.25) is 0 Å². The summed E-state index contributed by atoms with van der Waals surface area (Å²) in [6.07, 6.45) is 4.00. The third-order valence-electron chi connectivity index (χ3n) is 4.53. The van der Waals surface area contributed by atoms with Gasteiger partial charge in [0.2, 0.25) is 0 Å². The second kappa shape index (κ2) is 6.88. The molecule has 6 nitrogen and oxygen atoms in total. The Hall–Kier alpha value is -1.60. The molecule has 23 heavy (non-hydrogen) atoms. The van der Waals surface area contributed by atoms with Gasteiger partial charge in [-0.3, -0.25) is 4.79 Å². The number of H-pyrrole nitrogens is 1. The highest BCUT2D eigenvalue weighted by Gasteiger charge is 2.21. The van der Waals surface area contributed by atoms with E-state index in [4.69, 9.17) is 0 Å². The molecule has 0 saturated carbocycles. The number of nitrogens with zero attached hydrogens (tertiary/aromatic N) is 3. The predicted octanol–water partition coefficient (Wildman–Crippen LogP) is 1.88. The minimum atomic E-state index is 0.118. The van der Waals surface area contributed by atoms with Crippen LogP contribution in [0.15, 0.2) is 16.1 Å². The van der Waals surface area contributed by atoms with Crippen molar-refractivity contribution in [1.29, 1.82) is 0 Å². The molecule has 2 aromatic rings. The Morgan fingerprint density at radius 2 is 2.04 bits per heavy atom. The quantitative estimate of drug-likeness (QED) is 0.836. The van der Waals surface area contributed by atoms with Gasteiger partial charge in [0.25, 0.3) is 0 Å². The summed E-state index contributed by atoms with van der Waals surface area (Å²) in [5.41, 5.74) is 2.62. The topological polar surface area (TPSA) is 75.6 Å². The first-order valence-electron chi connectivity index (χ1n) is 7.98. The smallest absolute Gasteiger partial charge is 0.191 e. The summed E-state index contributed by atoms with van der Waals surface area (Å²) in [4.78, 5) is 15.2. The fourth-order valence-electron chi connectivity index (χ4n) is 2.98. The molecule has 1 aliphatic heterocycles. The van der Waals surface area contributed by atoms with Crippen LogP contribution in [0, 0.1) is 13.8 Å². The number of hydrogen-bond donors (Lipinski definition) is 2. The molecule has 1 saturated heterocycles. The van der Waals surface area contributed by atoms with E-state index >= 15 is 0 Å². The first-order chi connectivity index (χ1) is 11.1. The van der Waals surface area contributed by atoms with Gasteiger partial charge in [-0.15, -0.1) is 10.2 Å². The van der Waals surface area contributed by atoms with Gasteiger partial charge in [0.1, 0.15) is 5.82 Å². The zero-order chi connectivity index (χ0) is 16.4. The molecular weight excluding hydrogens is 310 g/mol. The zero-order valence-corrected chi connectivity index (χ0v) is 14.7. The van der Waals surface area contributed by atoms with E-state index in [1.54, 1.807) is 18.0 Å². The van der Waals surface area contributed by atoms with Crippen LogP contribution in [0.25, 0.3) is 0 Å². The molecule has 0 amide bonds. The van der Waals surface area contributed by atoms with Crippen molar-refractivity contribution in [1.82, 2.24) is 25.1 Å². The fraction of sp³-hybridized carbons (Fsp3) is 0.562. The Labute approximate surface area is 140 Å². The van der Waals surface area contributed by atoms with E-state index in [9.17, 15) is 4.79 Å². The summed E-state index contributed by atoms with van der Waals surface area (Å²) in [5.74, 6) is 2.26. The number of nitrogens with one attached hydrogen (secondary N) is 2. The third kappa shape index (κ3) is 3.35. The van der Waals surface area contributed by atoms with Crippen LogP contribution in [0.3, 0.4) is 0 Å². The average Bonchev–Trinajstić information content (AvgIpc) is 2.94. The number of rotatable bonds is 4. The lowest BCUT2D eigenvalue weighted by molar-refractivity contribution is 0.434. The van der Waals surface area contributed by atoms with Crippen molar-refractivity contribution in [2.75, 3.05) is 13.1 Å². The van der Waals surface area contributed by atoms with Crippen molar-refractivity contribution in [2.45, 2.75) is 43.5 Å². The van der Waals surface area contributed by atoms with Crippen LogP contribution in [0.4, 0.5) is 0 Å². The van der Waals surface area contributed by atoms with Crippen molar-refractivity contribution >= 4 is 11.8 Å². The molecule has 3 rings (SSSR count). The molecule has 0 aliphatic carbocycles. The standard InChI is InChI=1S/C16H23N5OS/c1-10-8-18-13(11(2)14(10)22)9-23-16-20-19-15(21(16)3)12-4-6-17-7-5-12/h8,12,17H,4-7,9H2,1-3H3,(H,18,22). The van der Waals surface area contributed by atoms with Crippen molar-refractivity contribution in [3.63, 3.8) is 0 Å². The Morgan fingerprint density at radius 1 is 1.30 bits per heavy atom. The van der Waals surface area contributed by atoms with Gasteiger partial charge in [-0.1, -0.05) is 11.8 Å². The Kier molecular flexibility index (Phi) is 4.87. The lowest BCUT2D eigenvalue weighted by Crippen LogP contribution is -2.27. The van der Waals surface area contributed by atoms with Crippen LogP contribution < -0.4 is 10.7 Å². The largest absolute Gasteiger partial charge is 0.364 e. The maximum atomic E-state index is 12.0. The Balaban J connectivity index is 1.73. The monoisotopic (exact) mass is 333 g/mol. The molecule has 2 aromatic heterocycles. The number of piperidine rings is 1. The molecule has 124 valence electrons. The minimum absolute atomic E-state index is 0.118. The van der Waals surface area contributed by atoms with Crippen molar-refractivity contribution in [3.05, 3.63) is 39.1 Å². The summed E-state index contributed by atoms with van der Waals surface area (Å²) in [6.45, 7) is 5.79. The first-order valence-corrected chi connectivity index (χ1v) is 8.97. The van der Waals surface area contributed by atoms with Gasteiger partial charge in [-0.2, -0.15) is 0 Å².